The highest BCUT2D eigenvalue weighted by Crippen LogP contribution is 2.27. The molecule has 0 bridgehead atoms. The number of aromatic hydroxyl groups is 1. The lowest BCUT2D eigenvalue weighted by Gasteiger charge is -2.35. The first-order valence-electron chi connectivity index (χ1n) is 35.2. The summed E-state index contributed by atoms with van der Waals surface area (Å²) in [5.74, 6) is -19.4. The van der Waals surface area contributed by atoms with Gasteiger partial charge in [0.1, 0.15) is 72.3 Å². The molecule has 0 spiro atoms. The van der Waals surface area contributed by atoms with Gasteiger partial charge in [-0.3, -0.25) is 67.5 Å². The number of benzene rings is 1. The smallest absolute Gasteiger partial charge is 0.326 e. The van der Waals surface area contributed by atoms with Gasteiger partial charge in [-0.15, -0.1) is 0 Å². The zero-order valence-corrected chi connectivity index (χ0v) is 63.7. The summed E-state index contributed by atoms with van der Waals surface area (Å²) in [5.41, 5.74) is 33.4. The van der Waals surface area contributed by atoms with Crippen LogP contribution in [0, 0.1) is 35.5 Å². The van der Waals surface area contributed by atoms with E-state index in [-0.39, 0.29) is 80.3 Å². The lowest BCUT2D eigenvalue weighted by Crippen LogP contribution is -2.64. The number of methoxy groups -OCH3 is 1. The SMILES string of the molecule is CO[C@H](c1ccc(O)cc1)[C@@H](NC(=O)[C@H](CCC(N)=O)N(C)C(=O)[C@H](CC(C)C)NC(=O)[C@@H](CCCN=C(N)N)NC(=O)[C@H](NC(=O)[C@H](NC(=O)[C@@H](NC(=O)[C@H](O)[C@H](O)[C@H](CCCN=C(N)N)NC(=O)[C@@H](C)NC(=O)[C@H](C)[C@H](O)[C@H](C)CC(C)C)[C@@H](C)[C@@H](C)C(N)=O)[C@@H](C)O)[C@@H](C)O)C(=O)N(C)[C@@H](C)C(=O)O. The number of phenols is 1. The number of likely N-dealkylation sites (N-methyl/N-ethyl adjacent to an activating group) is 2. The molecule has 1 aromatic rings. The third-order valence-corrected chi connectivity index (χ3v) is 18.2. The summed E-state index contributed by atoms with van der Waals surface area (Å²) in [6, 6.07) is -11.8. The number of carbonyl (C=O) groups excluding carboxylic acids is 12. The van der Waals surface area contributed by atoms with Gasteiger partial charge in [0, 0.05) is 46.6 Å². The molecular weight excluding hydrogens is 1400 g/mol. The highest BCUT2D eigenvalue weighted by molar-refractivity contribution is 5.99. The Bertz CT molecular complexity index is 3210. The van der Waals surface area contributed by atoms with Gasteiger partial charge in [-0.2, -0.15) is 0 Å². The minimum Gasteiger partial charge on any atom is -0.508 e. The minimum absolute atomic E-state index is 0.0188. The number of carboxylic acid groups (broad SMARTS) is 1. The molecule has 606 valence electrons. The Labute approximate surface area is 623 Å². The van der Waals surface area contributed by atoms with E-state index in [0.717, 1.165) is 37.7 Å². The van der Waals surface area contributed by atoms with Gasteiger partial charge in [0.2, 0.25) is 65.0 Å². The molecule has 27 N–H and O–H groups in total. The number of hydrogen-bond acceptors (Lipinski definition) is 22. The summed E-state index contributed by atoms with van der Waals surface area (Å²) in [6.07, 6.45) is -12.1. The lowest BCUT2D eigenvalue weighted by atomic mass is 9.87. The normalized spacial score (nSPS) is 17.0. The van der Waals surface area contributed by atoms with Gasteiger partial charge in [0.25, 0.3) is 5.91 Å². The van der Waals surface area contributed by atoms with Crippen LogP contribution < -0.4 is 76.9 Å². The van der Waals surface area contributed by atoms with Crippen molar-refractivity contribution in [1.29, 1.82) is 0 Å². The number of aliphatic hydroxyl groups is 5. The average molecular weight is 1520 g/mol. The fraction of sp³-hybridized carbons (Fsp3) is 0.691. The fourth-order valence-corrected chi connectivity index (χ4v) is 11.4. The van der Waals surface area contributed by atoms with Crippen molar-refractivity contribution in [3.8, 4) is 5.75 Å². The average Bonchev–Trinajstić information content (AvgIpc) is 0.804. The van der Waals surface area contributed by atoms with Crippen molar-refractivity contribution >= 4 is 88.8 Å². The summed E-state index contributed by atoms with van der Waals surface area (Å²) in [5, 5.41) is 95.3. The molecule has 0 aromatic heterocycles. The van der Waals surface area contributed by atoms with E-state index in [1.165, 1.54) is 66.0 Å². The molecule has 1 rings (SSSR count). The first-order chi connectivity index (χ1) is 49.6. The second-order valence-electron chi connectivity index (χ2n) is 28.0. The van der Waals surface area contributed by atoms with E-state index in [0.29, 0.717) is 6.42 Å². The van der Waals surface area contributed by atoms with Crippen LogP contribution in [0.15, 0.2) is 34.3 Å². The molecule has 12 amide bonds. The zero-order valence-electron chi connectivity index (χ0n) is 63.7. The van der Waals surface area contributed by atoms with Gasteiger partial charge in [0.15, 0.2) is 18.0 Å². The van der Waals surface area contributed by atoms with Crippen LogP contribution in [0.2, 0.25) is 0 Å². The van der Waals surface area contributed by atoms with Crippen molar-refractivity contribution < 1.29 is 103 Å². The molecule has 0 saturated heterocycles. The summed E-state index contributed by atoms with van der Waals surface area (Å²) in [7, 11) is 3.50. The highest BCUT2D eigenvalue weighted by atomic mass is 16.5. The maximum Gasteiger partial charge on any atom is 0.326 e. The zero-order chi connectivity index (χ0) is 82.3. The van der Waals surface area contributed by atoms with Crippen molar-refractivity contribution in [1.82, 2.24) is 52.3 Å². The second kappa shape index (κ2) is 45.8. The Morgan fingerprint density at radius 3 is 1.44 bits per heavy atom. The predicted octanol–water partition coefficient (Wildman–Crippen LogP) is -5.92. The molecule has 20 atom stereocenters. The number of amides is 12. The fourth-order valence-electron chi connectivity index (χ4n) is 11.4. The van der Waals surface area contributed by atoms with Gasteiger partial charge in [-0.25, -0.2) is 4.79 Å². The van der Waals surface area contributed by atoms with Gasteiger partial charge < -0.3 is 127 Å². The summed E-state index contributed by atoms with van der Waals surface area (Å²) < 4.78 is 5.68. The summed E-state index contributed by atoms with van der Waals surface area (Å²) in [4.78, 5) is 189. The number of guanidine groups is 2. The van der Waals surface area contributed by atoms with E-state index in [1.54, 1.807) is 20.8 Å². The van der Waals surface area contributed by atoms with E-state index in [1.807, 2.05) is 13.8 Å². The molecule has 39 heteroatoms. The Morgan fingerprint density at radius 2 is 0.972 bits per heavy atom. The number of phenolic OH excluding ortho intramolecular Hbond substituents is 1. The third kappa shape index (κ3) is 31.4. The number of aliphatic imine (C=N–C) groups is 2. The second-order valence-corrected chi connectivity index (χ2v) is 28.0. The van der Waals surface area contributed by atoms with Crippen LogP contribution in [-0.4, -0.2) is 260 Å². The number of aliphatic hydroxyl groups excluding tert-OH is 5. The number of hydrogen-bond donors (Lipinski definition) is 21. The van der Waals surface area contributed by atoms with Crippen LogP contribution in [0.4, 0.5) is 0 Å². The summed E-state index contributed by atoms with van der Waals surface area (Å²) >= 11 is 0. The van der Waals surface area contributed by atoms with Crippen LogP contribution >= 0.6 is 0 Å². The van der Waals surface area contributed by atoms with Gasteiger partial charge in [-0.1, -0.05) is 67.5 Å². The number of carbonyl (C=O) groups is 13. The Morgan fingerprint density at radius 1 is 0.495 bits per heavy atom. The standard InChI is InChI=1S/C68H118N18O21/c1-30(2)28-32(5)51(91)35(8)56(95)77-36(9)57(96)78-42(18-16-26-75-67(71)72)52(92)53(93)63(102)81-47(33(6)34(7)55(70)94)60(99)82-49(39(12)88)62(101)83-48(38(11)87)61(100)79-43(19-17-27-76-68(73)74)58(97)80-44(29-31(3)4)64(103)86(14)45(24-25-46(69)90)59(98)84-50(65(104)85(13)37(10)66(105)106)54(107-15)40-20-22-41(89)23-21-40/h20-23,30-39,42-45,47-54,87-89,91-93H,16-19,24-29H2,1-15H3,(H2,69,90)(H2,70,94)(H,77,95)(H,78,96)(H,79,100)(H,80,97)(H,81,102)(H,82,99)(H,83,101)(H,84,98)(H,105,106)(H4,71,72,75)(H4,73,74,76)/t32-,33+,34-,35-,36-,37+,38-,39-,42+,43-,44+,45+,47+,48-,49-,50-,51-,52-,53-,54-/m1/s1. The van der Waals surface area contributed by atoms with Crippen molar-refractivity contribution in [2.45, 2.75) is 231 Å². The van der Waals surface area contributed by atoms with Crippen molar-refractivity contribution in [3.05, 3.63) is 29.8 Å². The Hall–Kier alpha value is -9.57. The molecule has 0 aliphatic rings. The van der Waals surface area contributed by atoms with Crippen molar-refractivity contribution in [2.24, 2.45) is 79.9 Å². The molecule has 107 heavy (non-hydrogen) atoms. The molecule has 0 radical (unpaired) electrons. The van der Waals surface area contributed by atoms with E-state index in [2.05, 4.69) is 52.5 Å². The number of carboxylic acids is 1. The molecule has 0 aliphatic carbocycles. The van der Waals surface area contributed by atoms with Crippen LogP contribution in [0.25, 0.3) is 0 Å². The molecule has 0 unspecified atom stereocenters. The molecule has 0 fully saturated rings. The first-order valence-corrected chi connectivity index (χ1v) is 35.2. The number of aliphatic carboxylic acids is 1. The lowest BCUT2D eigenvalue weighted by molar-refractivity contribution is -0.152. The number of nitrogens with two attached hydrogens (primary N) is 6. The number of nitrogens with one attached hydrogen (secondary N) is 8. The number of primary amides is 2. The van der Waals surface area contributed by atoms with Crippen molar-refractivity contribution in [3.63, 3.8) is 0 Å². The van der Waals surface area contributed by atoms with Gasteiger partial charge >= 0.3 is 5.97 Å². The maximum atomic E-state index is 14.9. The van der Waals surface area contributed by atoms with Crippen LogP contribution in [0.5, 0.6) is 5.75 Å². The van der Waals surface area contributed by atoms with Gasteiger partial charge in [-0.05, 0) is 114 Å². The predicted molar refractivity (Wildman–Crippen MR) is 390 cm³/mol. The van der Waals surface area contributed by atoms with E-state index >= 15 is 0 Å². The van der Waals surface area contributed by atoms with Crippen LogP contribution in [0.3, 0.4) is 0 Å². The van der Waals surface area contributed by atoms with E-state index < -0.39 is 210 Å². The topological polar surface area (TPSA) is 656 Å². The van der Waals surface area contributed by atoms with E-state index in [4.69, 9.17) is 39.1 Å². The summed E-state index contributed by atoms with van der Waals surface area (Å²) in [6.45, 7) is 17.4. The van der Waals surface area contributed by atoms with Gasteiger partial charge in [0.05, 0.1) is 30.3 Å². The number of nitrogens with zero attached hydrogens (tertiary/aromatic N) is 4. The molecule has 39 nitrogen and oxygen atoms in total. The van der Waals surface area contributed by atoms with Crippen molar-refractivity contribution in [2.75, 3.05) is 34.3 Å². The van der Waals surface area contributed by atoms with Crippen LogP contribution in [-0.2, 0) is 67.1 Å². The molecule has 0 saturated carbocycles. The highest BCUT2D eigenvalue weighted by Gasteiger charge is 2.44. The number of rotatable bonds is 48. The Kier molecular flexibility index (Phi) is 40.9. The first kappa shape index (κ1) is 95.4. The van der Waals surface area contributed by atoms with Crippen LogP contribution in [0.1, 0.15) is 146 Å². The maximum absolute atomic E-state index is 14.9. The Balaban J connectivity index is 3.82. The quantitative estimate of drug-likeness (QED) is 0.0164. The molecule has 0 aliphatic heterocycles. The molecular formula is C68H118N18O21. The number of ether oxygens (including phenoxy) is 1. The largest absolute Gasteiger partial charge is 0.508 e. The minimum atomic E-state index is -2.51. The molecule has 1 aromatic carbocycles. The monoisotopic (exact) mass is 1520 g/mol. The third-order valence-electron chi connectivity index (χ3n) is 18.2. The molecule has 0 heterocycles. The van der Waals surface area contributed by atoms with E-state index in [9.17, 15) is 98.1 Å².